The zero-order valence-corrected chi connectivity index (χ0v) is 18.4. The van der Waals surface area contributed by atoms with Gasteiger partial charge in [-0.3, -0.25) is 9.97 Å². The monoisotopic (exact) mass is 455 g/mol. The molecule has 1 aromatic carbocycles. The minimum absolute atomic E-state index is 0.137. The standard InChI is InChI=1S/C25H21N5O2S/c31-24(32)18-8-10-19(11-9-18)29-14-4-7-21(29)23-22(20-6-1-2-13-27-20)28-25(33)30(23)16-17-5-3-12-26-15-17/h1-15,22-23H,16H2,(H,28,33)(H,31,32)/t22-,23+/m0/s1. The van der Waals surface area contributed by atoms with Crippen molar-refractivity contribution in [3.8, 4) is 5.69 Å². The highest BCUT2D eigenvalue weighted by atomic mass is 32.1. The highest BCUT2D eigenvalue weighted by Gasteiger charge is 2.41. The van der Waals surface area contributed by atoms with Gasteiger partial charge in [-0.2, -0.15) is 0 Å². The molecule has 5 rings (SSSR count). The SMILES string of the molecule is O=C(O)c1ccc(-n2cccc2[C@@H]2[C@H](c3ccccn3)NC(=S)N2Cc2cccnc2)cc1. The van der Waals surface area contributed by atoms with Gasteiger partial charge in [0.25, 0.3) is 0 Å². The first-order valence-corrected chi connectivity index (χ1v) is 10.9. The lowest BCUT2D eigenvalue weighted by Gasteiger charge is -2.29. The van der Waals surface area contributed by atoms with Gasteiger partial charge in [0.15, 0.2) is 5.11 Å². The van der Waals surface area contributed by atoms with E-state index in [4.69, 9.17) is 12.2 Å². The largest absolute Gasteiger partial charge is 0.478 e. The highest BCUT2D eigenvalue weighted by Crippen LogP contribution is 2.40. The minimum Gasteiger partial charge on any atom is -0.478 e. The molecule has 2 N–H and O–H groups in total. The van der Waals surface area contributed by atoms with E-state index in [-0.39, 0.29) is 17.6 Å². The van der Waals surface area contributed by atoms with Crippen LogP contribution in [-0.4, -0.2) is 35.6 Å². The fourth-order valence-corrected chi connectivity index (χ4v) is 4.53. The fraction of sp³-hybridized carbons (Fsp3) is 0.120. The van der Waals surface area contributed by atoms with E-state index in [9.17, 15) is 9.90 Å². The lowest BCUT2D eigenvalue weighted by atomic mass is 10.0. The Morgan fingerprint density at radius 1 is 1.03 bits per heavy atom. The second kappa shape index (κ2) is 8.84. The second-order valence-corrected chi connectivity index (χ2v) is 8.16. The Morgan fingerprint density at radius 2 is 1.88 bits per heavy atom. The molecule has 33 heavy (non-hydrogen) atoms. The van der Waals surface area contributed by atoms with Gasteiger partial charge < -0.3 is 19.9 Å². The molecule has 1 aliphatic rings. The second-order valence-electron chi connectivity index (χ2n) is 7.77. The van der Waals surface area contributed by atoms with Gasteiger partial charge in [-0.05, 0) is 72.4 Å². The van der Waals surface area contributed by atoms with Crippen LogP contribution < -0.4 is 5.32 Å². The summed E-state index contributed by atoms with van der Waals surface area (Å²) in [6.45, 7) is 0.594. The van der Waals surface area contributed by atoms with Crippen LogP contribution in [0.2, 0.25) is 0 Å². The van der Waals surface area contributed by atoms with Crippen LogP contribution >= 0.6 is 12.2 Å². The van der Waals surface area contributed by atoms with E-state index >= 15 is 0 Å². The highest BCUT2D eigenvalue weighted by molar-refractivity contribution is 7.80. The Morgan fingerprint density at radius 3 is 2.58 bits per heavy atom. The molecule has 1 saturated heterocycles. The number of hydrogen-bond donors (Lipinski definition) is 2. The molecule has 0 aliphatic carbocycles. The van der Waals surface area contributed by atoms with E-state index < -0.39 is 5.97 Å². The molecule has 1 fully saturated rings. The van der Waals surface area contributed by atoms with Gasteiger partial charge >= 0.3 is 5.97 Å². The smallest absolute Gasteiger partial charge is 0.335 e. The maximum Gasteiger partial charge on any atom is 0.335 e. The first-order valence-electron chi connectivity index (χ1n) is 10.5. The van der Waals surface area contributed by atoms with Gasteiger partial charge in [0, 0.05) is 42.7 Å². The number of benzene rings is 1. The Bertz CT molecular complexity index is 1280. The van der Waals surface area contributed by atoms with E-state index in [1.807, 2.05) is 60.9 Å². The zero-order valence-electron chi connectivity index (χ0n) is 17.6. The molecule has 0 unspecified atom stereocenters. The molecule has 0 spiro atoms. The summed E-state index contributed by atoms with van der Waals surface area (Å²) in [5.41, 5.74) is 4.09. The number of nitrogens with zero attached hydrogens (tertiary/aromatic N) is 4. The first kappa shape index (κ1) is 20.8. The molecule has 0 bridgehead atoms. The molecule has 3 aromatic heterocycles. The van der Waals surface area contributed by atoms with Gasteiger partial charge in [-0.25, -0.2) is 4.79 Å². The van der Waals surface area contributed by atoms with Gasteiger partial charge in [-0.15, -0.1) is 0 Å². The average Bonchev–Trinajstić information content (AvgIpc) is 3.45. The number of nitrogens with one attached hydrogen (secondary N) is 1. The Kier molecular flexibility index (Phi) is 5.58. The molecule has 8 heteroatoms. The van der Waals surface area contributed by atoms with Crippen molar-refractivity contribution in [2.24, 2.45) is 0 Å². The van der Waals surface area contributed by atoms with Crippen LogP contribution in [0.3, 0.4) is 0 Å². The summed E-state index contributed by atoms with van der Waals surface area (Å²) in [7, 11) is 0. The number of carboxylic acid groups (broad SMARTS) is 1. The average molecular weight is 456 g/mol. The van der Waals surface area contributed by atoms with E-state index in [1.54, 1.807) is 24.5 Å². The molecule has 0 amide bonds. The molecule has 2 atom stereocenters. The van der Waals surface area contributed by atoms with Crippen molar-refractivity contribution in [1.29, 1.82) is 0 Å². The number of aromatic carboxylic acids is 1. The summed E-state index contributed by atoms with van der Waals surface area (Å²) in [5.74, 6) is -0.947. The summed E-state index contributed by atoms with van der Waals surface area (Å²) < 4.78 is 2.07. The number of aromatic nitrogens is 3. The minimum atomic E-state index is -0.947. The lowest BCUT2D eigenvalue weighted by molar-refractivity contribution is 0.0697. The Labute approximate surface area is 196 Å². The molecular formula is C25H21N5O2S. The van der Waals surface area contributed by atoms with E-state index in [2.05, 4.69) is 30.8 Å². The van der Waals surface area contributed by atoms with Crippen LogP contribution in [0.5, 0.6) is 0 Å². The predicted molar refractivity (Wildman–Crippen MR) is 128 cm³/mol. The zero-order chi connectivity index (χ0) is 22.8. The molecule has 7 nitrogen and oxygen atoms in total. The van der Waals surface area contributed by atoms with Gasteiger partial charge in [0.1, 0.15) is 0 Å². The summed E-state index contributed by atoms with van der Waals surface area (Å²) in [4.78, 5) is 22.3. The topological polar surface area (TPSA) is 83.3 Å². The number of hydrogen-bond acceptors (Lipinski definition) is 4. The lowest BCUT2D eigenvalue weighted by Crippen LogP contribution is -2.30. The summed E-state index contributed by atoms with van der Waals surface area (Å²) >= 11 is 5.77. The van der Waals surface area contributed by atoms with Crippen molar-refractivity contribution < 1.29 is 9.90 Å². The van der Waals surface area contributed by atoms with Crippen LogP contribution in [0, 0.1) is 0 Å². The van der Waals surface area contributed by atoms with Gasteiger partial charge in [0.2, 0.25) is 0 Å². The maximum absolute atomic E-state index is 11.3. The first-order chi connectivity index (χ1) is 16.1. The molecular weight excluding hydrogens is 434 g/mol. The Hall–Kier alpha value is -4.04. The molecule has 1 aliphatic heterocycles. The van der Waals surface area contributed by atoms with Gasteiger partial charge in [-0.1, -0.05) is 12.1 Å². The van der Waals surface area contributed by atoms with Crippen molar-refractivity contribution in [3.05, 3.63) is 114 Å². The van der Waals surface area contributed by atoms with Crippen molar-refractivity contribution in [2.45, 2.75) is 18.6 Å². The maximum atomic E-state index is 11.3. The number of carbonyl (C=O) groups is 1. The van der Waals surface area contributed by atoms with E-state index in [0.717, 1.165) is 22.6 Å². The predicted octanol–water partition coefficient (Wildman–Crippen LogP) is 4.14. The third-order valence-electron chi connectivity index (χ3n) is 5.75. The number of thiocarbonyl (C=S) groups is 1. The van der Waals surface area contributed by atoms with Crippen LogP contribution in [0.1, 0.15) is 39.4 Å². The van der Waals surface area contributed by atoms with Crippen molar-refractivity contribution in [3.63, 3.8) is 0 Å². The van der Waals surface area contributed by atoms with Crippen molar-refractivity contribution in [1.82, 2.24) is 24.8 Å². The van der Waals surface area contributed by atoms with Crippen LogP contribution in [0.25, 0.3) is 5.69 Å². The molecule has 0 saturated carbocycles. The molecule has 4 aromatic rings. The third kappa shape index (κ3) is 4.08. The third-order valence-corrected chi connectivity index (χ3v) is 6.10. The number of rotatable bonds is 6. The van der Waals surface area contributed by atoms with Gasteiger partial charge in [0.05, 0.1) is 23.3 Å². The fourth-order valence-electron chi connectivity index (χ4n) is 4.22. The van der Waals surface area contributed by atoms with E-state index in [0.29, 0.717) is 11.7 Å². The van der Waals surface area contributed by atoms with Crippen LogP contribution in [0.15, 0.2) is 91.5 Å². The molecule has 4 heterocycles. The number of carboxylic acids is 1. The Balaban J connectivity index is 1.58. The van der Waals surface area contributed by atoms with Crippen LogP contribution in [-0.2, 0) is 6.54 Å². The quantitative estimate of drug-likeness (QED) is 0.423. The summed E-state index contributed by atoms with van der Waals surface area (Å²) in [5, 5.41) is 13.4. The van der Waals surface area contributed by atoms with Crippen LogP contribution in [0.4, 0.5) is 0 Å². The molecule has 0 radical (unpaired) electrons. The summed E-state index contributed by atoms with van der Waals surface area (Å²) in [6, 6.07) is 20.4. The molecule has 164 valence electrons. The van der Waals surface area contributed by atoms with Crippen molar-refractivity contribution >= 4 is 23.3 Å². The van der Waals surface area contributed by atoms with Crippen molar-refractivity contribution in [2.75, 3.05) is 0 Å². The van der Waals surface area contributed by atoms with E-state index in [1.165, 1.54) is 0 Å². The summed E-state index contributed by atoms with van der Waals surface area (Å²) in [6.07, 6.45) is 7.36. The number of pyridine rings is 2. The normalized spacial score (nSPS) is 17.7.